The Morgan fingerprint density at radius 3 is 2.22 bits per heavy atom. The summed E-state index contributed by atoms with van der Waals surface area (Å²) in [5.74, 6) is 1.89. The number of hydrogen-bond donors (Lipinski definition) is 1. The Balaban J connectivity index is 0.000000290. The standard InChI is InChI=1S/C31H26NO.C13H24O2.Ir/c1-19(2)25-16-23(15-20-9-5-7-11-24(20)25)30-29-22(13-14-32-30)17-26(31(29,3)4)28-18-21-10-6-8-12-27(21)33-28;1-5-10(6-2)12(14)9-13(15)11(7-3)8-4;/h5-14,16-19H,1-4H3;9-11,14H,5-8H2,1-4H3;/q-1;;/b;12-9-;. The van der Waals surface area contributed by atoms with Crippen molar-refractivity contribution < 1.29 is 34.4 Å². The van der Waals surface area contributed by atoms with E-state index in [1.807, 2.05) is 46.0 Å². The zero-order valence-electron chi connectivity index (χ0n) is 30.2. The minimum absolute atomic E-state index is 0. The normalized spacial score (nSPS) is 13.8. The van der Waals surface area contributed by atoms with Gasteiger partial charge in [0.2, 0.25) is 0 Å². The van der Waals surface area contributed by atoms with Crippen LogP contribution in [0.15, 0.2) is 89.2 Å². The summed E-state index contributed by atoms with van der Waals surface area (Å²) >= 11 is 0. The van der Waals surface area contributed by atoms with Crippen molar-refractivity contribution in [1.29, 1.82) is 0 Å². The summed E-state index contributed by atoms with van der Waals surface area (Å²) in [5, 5.41) is 13.3. The molecule has 49 heavy (non-hydrogen) atoms. The zero-order valence-corrected chi connectivity index (χ0v) is 32.6. The molecule has 1 radical (unpaired) electrons. The van der Waals surface area contributed by atoms with Gasteiger partial charge in [0.25, 0.3) is 0 Å². The number of aliphatic hydroxyl groups is 1. The van der Waals surface area contributed by atoms with Crippen molar-refractivity contribution in [3.63, 3.8) is 0 Å². The molecule has 2 heterocycles. The van der Waals surface area contributed by atoms with Gasteiger partial charge in [-0.2, -0.15) is 0 Å². The summed E-state index contributed by atoms with van der Waals surface area (Å²) in [4.78, 5) is 16.6. The SMILES string of the molecule is CC(C)c1cc(-c2nccc3c2C(C)(C)C(c2cc4ccccc4o2)=C3)[c-]c2ccccc12.CCC(CC)C(=O)/C=C(\O)C(CC)CC.[Ir]. The first-order chi connectivity index (χ1) is 23.0. The monoisotopic (exact) mass is 833 g/mol. The quantitative estimate of drug-likeness (QED) is 0.0865. The molecule has 0 amide bonds. The minimum atomic E-state index is -0.246. The van der Waals surface area contributed by atoms with Gasteiger partial charge in [-0.3, -0.25) is 9.78 Å². The average molecular weight is 833 g/mol. The maximum absolute atomic E-state index is 11.7. The second kappa shape index (κ2) is 16.3. The van der Waals surface area contributed by atoms with E-state index in [0.29, 0.717) is 5.92 Å². The molecule has 1 aliphatic carbocycles. The molecule has 1 aliphatic rings. The molecule has 6 rings (SSSR count). The van der Waals surface area contributed by atoms with Crippen LogP contribution in [0.4, 0.5) is 0 Å². The maximum Gasteiger partial charge on any atom is 0.162 e. The van der Waals surface area contributed by atoms with Crippen LogP contribution in [0.5, 0.6) is 0 Å². The second-order valence-corrected chi connectivity index (χ2v) is 13.8. The molecule has 4 nitrogen and oxygen atoms in total. The Bertz CT molecular complexity index is 1940. The first-order valence-corrected chi connectivity index (χ1v) is 17.6. The molecule has 0 saturated carbocycles. The average Bonchev–Trinajstić information content (AvgIpc) is 3.63. The van der Waals surface area contributed by atoms with Crippen molar-refractivity contribution in [2.75, 3.05) is 0 Å². The largest absolute Gasteiger partial charge is 0.512 e. The van der Waals surface area contributed by atoms with Crippen LogP contribution in [0, 0.1) is 17.9 Å². The number of carbonyl (C=O) groups is 1. The minimum Gasteiger partial charge on any atom is -0.512 e. The van der Waals surface area contributed by atoms with Crippen molar-refractivity contribution in [3.05, 3.63) is 113 Å². The molecule has 5 heteroatoms. The number of benzene rings is 3. The molecule has 0 saturated heterocycles. The summed E-state index contributed by atoms with van der Waals surface area (Å²) in [5.41, 5.74) is 7.70. The number of carbonyl (C=O) groups excluding carboxylic acids is 1. The number of rotatable bonds is 10. The Kier molecular flexibility index (Phi) is 12.6. The molecule has 5 aromatic rings. The molecule has 0 fully saturated rings. The molecule has 2 aromatic heterocycles. The van der Waals surface area contributed by atoms with Gasteiger partial charge < -0.3 is 9.52 Å². The van der Waals surface area contributed by atoms with E-state index in [9.17, 15) is 9.90 Å². The number of furan rings is 1. The Morgan fingerprint density at radius 1 is 0.918 bits per heavy atom. The molecule has 0 bridgehead atoms. The van der Waals surface area contributed by atoms with E-state index in [-0.39, 0.29) is 48.9 Å². The van der Waals surface area contributed by atoms with Crippen LogP contribution in [-0.2, 0) is 30.3 Å². The van der Waals surface area contributed by atoms with Crippen LogP contribution in [0.3, 0.4) is 0 Å². The molecule has 0 atom stereocenters. The van der Waals surface area contributed by atoms with Crippen LogP contribution in [0.25, 0.3) is 44.6 Å². The van der Waals surface area contributed by atoms with Gasteiger partial charge in [-0.15, -0.1) is 29.1 Å². The van der Waals surface area contributed by atoms with Gasteiger partial charge in [0.15, 0.2) is 5.78 Å². The molecule has 1 N–H and O–H groups in total. The number of para-hydroxylation sites is 1. The summed E-state index contributed by atoms with van der Waals surface area (Å²) in [6.07, 6.45) is 9.09. The molecular formula is C44H50IrNO3-. The summed E-state index contributed by atoms with van der Waals surface area (Å²) < 4.78 is 6.28. The molecule has 3 aromatic carbocycles. The fraction of sp³-hybridized carbons (Fsp3) is 0.364. The third-order valence-electron chi connectivity index (χ3n) is 10.0. The van der Waals surface area contributed by atoms with Crippen molar-refractivity contribution in [2.45, 2.75) is 92.4 Å². The van der Waals surface area contributed by atoms with Gasteiger partial charge in [0.1, 0.15) is 11.3 Å². The van der Waals surface area contributed by atoms with Crippen molar-refractivity contribution >= 4 is 39.2 Å². The Labute approximate surface area is 306 Å². The molecular weight excluding hydrogens is 783 g/mol. The smallest absolute Gasteiger partial charge is 0.162 e. The molecule has 0 spiro atoms. The van der Waals surface area contributed by atoms with Gasteiger partial charge in [-0.25, -0.2) is 0 Å². The number of fused-ring (bicyclic) bond motifs is 3. The first kappa shape index (κ1) is 38.0. The molecule has 0 aliphatic heterocycles. The summed E-state index contributed by atoms with van der Waals surface area (Å²) in [6.45, 7) is 17.1. The van der Waals surface area contributed by atoms with Crippen molar-refractivity contribution in [2.24, 2.45) is 11.8 Å². The van der Waals surface area contributed by atoms with E-state index in [0.717, 1.165) is 59.1 Å². The van der Waals surface area contributed by atoms with Crippen LogP contribution in [0.2, 0.25) is 0 Å². The van der Waals surface area contributed by atoms with Gasteiger partial charge in [-0.05, 0) is 67.0 Å². The van der Waals surface area contributed by atoms with Gasteiger partial charge in [0.05, 0.1) is 5.76 Å². The summed E-state index contributed by atoms with van der Waals surface area (Å²) in [7, 11) is 0. The maximum atomic E-state index is 11.7. The van der Waals surface area contributed by atoms with Crippen LogP contribution in [0.1, 0.15) is 109 Å². The summed E-state index contributed by atoms with van der Waals surface area (Å²) in [6, 6.07) is 26.9. The van der Waals surface area contributed by atoms with Crippen molar-refractivity contribution in [3.8, 4) is 11.3 Å². The Morgan fingerprint density at radius 2 is 1.57 bits per heavy atom. The first-order valence-electron chi connectivity index (χ1n) is 17.6. The van der Waals surface area contributed by atoms with E-state index >= 15 is 0 Å². The van der Waals surface area contributed by atoms with Gasteiger partial charge in [0, 0.05) is 66.3 Å². The number of allylic oxidation sites excluding steroid dienone is 3. The predicted octanol–water partition coefficient (Wildman–Crippen LogP) is 12.3. The fourth-order valence-corrected chi connectivity index (χ4v) is 7.07. The fourth-order valence-electron chi connectivity index (χ4n) is 7.07. The van der Waals surface area contributed by atoms with Crippen LogP contribution >= 0.6 is 0 Å². The Hall–Kier alpha value is -3.79. The topological polar surface area (TPSA) is 63.3 Å². The van der Waals surface area contributed by atoms with E-state index in [4.69, 9.17) is 9.40 Å². The van der Waals surface area contributed by atoms with E-state index in [1.54, 1.807) is 0 Å². The van der Waals surface area contributed by atoms with E-state index < -0.39 is 0 Å². The zero-order chi connectivity index (χ0) is 34.6. The molecule has 259 valence electrons. The van der Waals surface area contributed by atoms with Gasteiger partial charge >= 0.3 is 0 Å². The second-order valence-electron chi connectivity index (χ2n) is 13.8. The van der Waals surface area contributed by atoms with E-state index in [2.05, 4.69) is 94.4 Å². The number of aromatic nitrogens is 1. The van der Waals surface area contributed by atoms with Crippen molar-refractivity contribution in [1.82, 2.24) is 4.98 Å². The van der Waals surface area contributed by atoms with E-state index in [1.165, 1.54) is 33.7 Å². The third-order valence-corrected chi connectivity index (χ3v) is 10.0. The number of pyridine rings is 1. The van der Waals surface area contributed by atoms with Crippen LogP contribution < -0.4 is 0 Å². The van der Waals surface area contributed by atoms with Gasteiger partial charge in [-0.1, -0.05) is 103 Å². The predicted molar refractivity (Wildman–Crippen MR) is 201 cm³/mol. The molecule has 0 unspecified atom stereocenters. The third kappa shape index (κ3) is 7.84. The number of aliphatic hydroxyl groups excluding tert-OH is 1. The number of hydrogen-bond acceptors (Lipinski definition) is 4. The number of nitrogens with zero attached hydrogens (tertiary/aromatic N) is 1. The van der Waals surface area contributed by atoms with Crippen LogP contribution in [-0.4, -0.2) is 15.9 Å². The number of ketones is 1.